The molecule has 5 rings (SSSR count). The fourth-order valence-corrected chi connectivity index (χ4v) is 7.16. The lowest BCUT2D eigenvalue weighted by atomic mass is 9.92. The Morgan fingerprint density at radius 1 is 1.13 bits per heavy atom. The van der Waals surface area contributed by atoms with Gasteiger partial charge in [0.25, 0.3) is 5.56 Å². The van der Waals surface area contributed by atoms with Gasteiger partial charge in [-0.25, -0.2) is 9.79 Å². The molecule has 0 N–H and O–H groups in total. The molecular formula is C36H36BrClN2O5S. The number of nitrogens with zero attached hydrogens (tertiary/aromatic N) is 2. The van der Waals surface area contributed by atoms with Crippen LogP contribution in [0.4, 0.5) is 0 Å². The molecule has 0 radical (unpaired) electrons. The largest absolute Gasteiger partial charge is 0.493 e. The van der Waals surface area contributed by atoms with Crippen LogP contribution in [-0.2, 0) is 16.1 Å². The quantitative estimate of drug-likeness (QED) is 0.148. The van der Waals surface area contributed by atoms with Crippen molar-refractivity contribution >= 4 is 50.9 Å². The van der Waals surface area contributed by atoms with Crippen molar-refractivity contribution in [1.29, 1.82) is 0 Å². The van der Waals surface area contributed by atoms with Crippen LogP contribution in [0, 0.1) is 0 Å². The number of fused-ring (bicyclic) bond motifs is 1. The van der Waals surface area contributed by atoms with Crippen LogP contribution in [0.15, 0.2) is 86.2 Å². The summed E-state index contributed by atoms with van der Waals surface area (Å²) in [5.41, 5.74) is 4.39. The van der Waals surface area contributed by atoms with Gasteiger partial charge in [0.1, 0.15) is 6.61 Å². The number of ether oxygens (including phenoxy) is 3. The normalized spacial score (nSPS) is 14.7. The number of hydrogen-bond acceptors (Lipinski definition) is 7. The lowest BCUT2D eigenvalue weighted by Crippen LogP contribution is -2.40. The predicted octanol–water partition coefficient (Wildman–Crippen LogP) is 7.71. The second-order valence-electron chi connectivity index (χ2n) is 11.1. The summed E-state index contributed by atoms with van der Waals surface area (Å²) in [4.78, 5) is 33.1. The van der Waals surface area contributed by atoms with Crippen LogP contribution in [0.3, 0.4) is 0 Å². The highest BCUT2D eigenvalue weighted by molar-refractivity contribution is 9.10. The minimum atomic E-state index is -0.665. The molecule has 0 bridgehead atoms. The van der Waals surface area contributed by atoms with Crippen LogP contribution >= 0.6 is 38.9 Å². The number of allylic oxidation sites excluding steroid dienone is 1. The summed E-state index contributed by atoms with van der Waals surface area (Å²) in [5.74, 6) is 0.909. The zero-order chi connectivity index (χ0) is 33.0. The molecular weight excluding hydrogens is 688 g/mol. The maximum atomic E-state index is 14.2. The number of aromatic nitrogens is 1. The minimum absolute atomic E-state index is 0.222. The molecule has 0 amide bonds. The molecule has 0 unspecified atom stereocenters. The fourth-order valence-electron chi connectivity index (χ4n) is 5.38. The second kappa shape index (κ2) is 14.8. The monoisotopic (exact) mass is 722 g/mol. The van der Waals surface area contributed by atoms with E-state index in [1.807, 2.05) is 55.5 Å². The van der Waals surface area contributed by atoms with Crippen molar-refractivity contribution in [2.75, 3.05) is 13.7 Å². The van der Waals surface area contributed by atoms with Gasteiger partial charge >= 0.3 is 5.97 Å². The number of rotatable bonds is 11. The van der Waals surface area contributed by atoms with Crippen molar-refractivity contribution in [3.63, 3.8) is 0 Å². The van der Waals surface area contributed by atoms with Gasteiger partial charge in [-0.05, 0) is 76.2 Å². The first kappa shape index (κ1) is 33.7. The summed E-state index contributed by atoms with van der Waals surface area (Å²) in [7, 11) is 1.57. The highest BCUT2D eigenvalue weighted by atomic mass is 79.9. The topological polar surface area (TPSA) is 79.1 Å². The number of carbonyl (C=O) groups excluding carboxylic acids is 1. The molecule has 0 spiro atoms. The lowest BCUT2D eigenvalue weighted by Gasteiger charge is -2.26. The minimum Gasteiger partial charge on any atom is -0.493 e. The molecule has 4 aromatic rings. The molecule has 0 fully saturated rings. The number of benzene rings is 3. The number of esters is 1. The van der Waals surface area contributed by atoms with Crippen molar-refractivity contribution < 1.29 is 19.0 Å². The molecule has 0 aliphatic carbocycles. The van der Waals surface area contributed by atoms with Crippen LogP contribution < -0.4 is 24.4 Å². The van der Waals surface area contributed by atoms with Crippen molar-refractivity contribution in [2.45, 2.75) is 59.1 Å². The van der Waals surface area contributed by atoms with E-state index in [1.165, 1.54) is 16.9 Å². The van der Waals surface area contributed by atoms with Crippen LogP contribution in [0.5, 0.6) is 11.5 Å². The zero-order valence-electron chi connectivity index (χ0n) is 26.4. The second-order valence-corrected chi connectivity index (χ2v) is 13.4. The summed E-state index contributed by atoms with van der Waals surface area (Å²) in [5, 5.41) is 0.618. The van der Waals surface area contributed by atoms with Crippen LogP contribution in [0.25, 0.3) is 6.08 Å². The Hall–Kier alpha value is -3.66. The fraction of sp³-hybridized carbons (Fsp3) is 0.306. The molecule has 46 heavy (non-hydrogen) atoms. The first-order chi connectivity index (χ1) is 22.2. The van der Waals surface area contributed by atoms with Crippen LogP contribution in [0.1, 0.15) is 74.8 Å². The summed E-state index contributed by atoms with van der Waals surface area (Å²) in [6.45, 7) is 8.56. The van der Waals surface area contributed by atoms with Crippen molar-refractivity contribution in [3.8, 4) is 11.5 Å². The number of carbonyl (C=O) groups is 1. The molecule has 3 aromatic carbocycles. The molecule has 1 atom stereocenters. The Morgan fingerprint density at radius 3 is 2.52 bits per heavy atom. The number of methoxy groups -OCH3 is 1. The van der Waals surface area contributed by atoms with Crippen LogP contribution in [0.2, 0.25) is 5.02 Å². The van der Waals surface area contributed by atoms with Gasteiger partial charge in [-0.3, -0.25) is 9.36 Å². The van der Waals surface area contributed by atoms with Gasteiger partial charge in [-0.2, -0.15) is 0 Å². The van der Waals surface area contributed by atoms with E-state index in [-0.39, 0.29) is 18.8 Å². The lowest BCUT2D eigenvalue weighted by molar-refractivity contribution is -0.139. The number of thiazole rings is 1. The van der Waals surface area contributed by atoms with E-state index in [1.54, 1.807) is 24.7 Å². The summed E-state index contributed by atoms with van der Waals surface area (Å²) < 4.78 is 20.1. The standard InChI is InChI=1S/C36H36BrClN2O5S/c1-6-10-28-31(35(42)44-7-2)32(24-15-13-23(14-16-24)21(3)4)40-34(41)30(46-36(40)39-28)19-22-17-26(37)33(29(18-22)43-5)45-20-25-11-8-9-12-27(25)38/h8-9,11-19,21,32H,6-7,10,20H2,1-5H3/b30-19-/t32-/m1/s1. The summed E-state index contributed by atoms with van der Waals surface area (Å²) in [6, 6.07) is 18.6. The van der Waals surface area contributed by atoms with Gasteiger partial charge in [0.15, 0.2) is 16.3 Å². The number of halogens is 2. The van der Waals surface area contributed by atoms with Crippen molar-refractivity contribution in [1.82, 2.24) is 4.57 Å². The molecule has 1 aliphatic heterocycles. The Kier molecular flexibility index (Phi) is 10.9. The summed E-state index contributed by atoms with van der Waals surface area (Å²) in [6.07, 6.45) is 3.18. The number of hydrogen-bond donors (Lipinski definition) is 0. The van der Waals surface area contributed by atoms with Gasteiger partial charge in [-0.1, -0.05) is 92.6 Å². The smallest absolute Gasteiger partial charge is 0.338 e. The van der Waals surface area contributed by atoms with E-state index in [2.05, 4.69) is 41.9 Å². The average Bonchev–Trinajstić information content (AvgIpc) is 3.34. The maximum Gasteiger partial charge on any atom is 0.338 e. The predicted molar refractivity (Wildman–Crippen MR) is 187 cm³/mol. The summed E-state index contributed by atoms with van der Waals surface area (Å²) >= 11 is 11.2. The van der Waals surface area contributed by atoms with Gasteiger partial charge in [0.2, 0.25) is 0 Å². The molecule has 240 valence electrons. The SMILES string of the molecule is CCCC1=C(C(=O)OCC)[C@@H](c2ccc(C(C)C)cc2)n2c(s/c(=C\c3cc(Br)c(OCc4ccccc4Cl)c(OC)c3)c2=O)=N1. The average molecular weight is 724 g/mol. The molecule has 1 aromatic heterocycles. The Balaban J connectivity index is 1.61. The molecule has 10 heteroatoms. The maximum absolute atomic E-state index is 14.2. The van der Waals surface area contributed by atoms with E-state index < -0.39 is 12.0 Å². The molecule has 1 aliphatic rings. The van der Waals surface area contributed by atoms with E-state index in [0.717, 1.165) is 23.1 Å². The van der Waals surface area contributed by atoms with Crippen molar-refractivity contribution in [2.24, 2.45) is 4.99 Å². The first-order valence-electron chi connectivity index (χ1n) is 15.2. The molecule has 0 saturated heterocycles. The first-order valence-corrected chi connectivity index (χ1v) is 17.2. The van der Waals surface area contributed by atoms with E-state index in [0.29, 0.717) is 53.9 Å². The van der Waals surface area contributed by atoms with Crippen molar-refractivity contribution in [3.05, 3.63) is 123 Å². The third-order valence-electron chi connectivity index (χ3n) is 7.69. The molecule has 7 nitrogen and oxygen atoms in total. The van der Waals surface area contributed by atoms with E-state index in [9.17, 15) is 9.59 Å². The van der Waals surface area contributed by atoms with E-state index in [4.69, 9.17) is 30.8 Å². The van der Waals surface area contributed by atoms with Gasteiger partial charge in [-0.15, -0.1) is 0 Å². The van der Waals surface area contributed by atoms with Gasteiger partial charge in [0, 0.05) is 10.6 Å². The molecule has 0 saturated carbocycles. The van der Waals surface area contributed by atoms with E-state index >= 15 is 0 Å². The van der Waals surface area contributed by atoms with Gasteiger partial charge in [0.05, 0.1) is 40.0 Å². The Labute approximate surface area is 285 Å². The van der Waals surface area contributed by atoms with Crippen LogP contribution in [-0.4, -0.2) is 24.3 Å². The third kappa shape index (κ3) is 7.01. The zero-order valence-corrected chi connectivity index (χ0v) is 29.6. The Morgan fingerprint density at radius 2 is 1.87 bits per heavy atom. The Bertz CT molecular complexity index is 1960. The van der Waals surface area contributed by atoms with Gasteiger partial charge < -0.3 is 14.2 Å². The third-order valence-corrected chi connectivity index (χ3v) is 9.63. The highest BCUT2D eigenvalue weighted by Crippen LogP contribution is 2.38. The highest BCUT2D eigenvalue weighted by Gasteiger charge is 2.34. The molecule has 2 heterocycles.